The molecule has 0 aliphatic carbocycles. The second-order valence-corrected chi connectivity index (χ2v) is 11.5. The first-order valence-corrected chi connectivity index (χ1v) is 16.2. The molecule has 0 spiro atoms. The van der Waals surface area contributed by atoms with Gasteiger partial charge in [0.05, 0.1) is 41.1 Å². The topological polar surface area (TPSA) is 126 Å². The van der Waals surface area contributed by atoms with Crippen LogP contribution in [0.5, 0.6) is 0 Å². The highest BCUT2D eigenvalue weighted by Crippen LogP contribution is 2.23. The molecule has 2 aromatic carbocycles. The molecule has 4 heterocycles. The maximum atomic E-state index is 12.4. The Morgan fingerprint density at radius 3 is 1.18 bits per heavy atom. The fourth-order valence-corrected chi connectivity index (χ4v) is 5.60. The Morgan fingerprint density at radius 2 is 0.843 bits per heavy atom. The molecule has 264 valence electrons. The average Bonchev–Trinajstić information content (AvgIpc) is 3.52. The van der Waals surface area contributed by atoms with E-state index in [2.05, 4.69) is 19.4 Å². The number of carbonyl (C=O) groups is 4. The van der Waals surface area contributed by atoms with Crippen LogP contribution in [0.25, 0.3) is 0 Å². The van der Waals surface area contributed by atoms with E-state index in [0.717, 1.165) is 30.6 Å². The Bertz CT molecular complexity index is 1700. The second-order valence-electron chi connectivity index (χ2n) is 11.5. The summed E-state index contributed by atoms with van der Waals surface area (Å²) < 4.78 is 4.21. The predicted octanol–water partition coefficient (Wildman–Crippen LogP) is -2.57. The number of carbonyl (C=O) groups excluding carboxylic acids is 4. The third kappa shape index (κ3) is 9.58. The summed E-state index contributed by atoms with van der Waals surface area (Å²) in [6, 6.07) is 21.5. The van der Waals surface area contributed by atoms with E-state index < -0.39 is 0 Å². The molecular weight excluding hydrogens is 784 g/mol. The zero-order chi connectivity index (χ0) is 34.0. The summed E-state index contributed by atoms with van der Waals surface area (Å²) in [5.74, 6) is -1.05. The highest BCUT2D eigenvalue weighted by molar-refractivity contribution is 6.22. The number of aromatic nitrogens is 2. The second kappa shape index (κ2) is 18.8. The first-order chi connectivity index (χ1) is 24.0. The van der Waals surface area contributed by atoms with Crippen molar-refractivity contribution < 1.29 is 72.0 Å². The Hall–Kier alpha value is -5.08. The van der Waals surface area contributed by atoms with Gasteiger partial charge in [-0.3, -0.25) is 29.0 Å². The van der Waals surface area contributed by atoms with Crippen molar-refractivity contribution in [2.75, 3.05) is 26.3 Å². The number of benzene rings is 2. The number of fused-ring (bicyclic) bond motifs is 2. The molecular formula is C37H36Br2N6O6. The maximum absolute atomic E-state index is 12.4. The first-order valence-electron chi connectivity index (χ1n) is 16.2. The molecule has 2 aliphatic heterocycles. The van der Waals surface area contributed by atoms with Crippen molar-refractivity contribution in [2.24, 2.45) is 10.3 Å². The van der Waals surface area contributed by atoms with Crippen LogP contribution in [0.4, 0.5) is 0 Å². The minimum atomic E-state index is -0.263. The molecule has 51 heavy (non-hydrogen) atoms. The van der Waals surface area contributed by atoms with Crippen molar-refractivity contribution in [3.8, 4) is 0 Å². The van der Waals surface area contributed by atoms with Crippen LogP contribution in [0.2, 0.25) is 0 Å². The van der Waals surface area contributed by atoms with Crippen molar-refractivity contribution in [3.63, 3.8) is 0 Å². The van der Waals surface area contributed by atoms with Crippen molar-refractivity contribution >= 4 is 36.1 Å². The molecule has 12 nitrogen and oxygen atoms in total. The van der Waals surface area contributed by atoms with Crippen LogP contribution in [0, 0.1) is 0 Å². The van der Waals surface area contributed by atoms with Gasteiger partial charge in [0.15, 0.2) is 37.9 Å². The Balaban J connectivity index is 0.00000292. The molecule has 4 amide bonds. The van der Waals surface area contributed by atoms with E-state index in [4.69, 9.17) is 9.68 Å². The molecule has 0 atom stereocenters. The van der Waals surface area contributed by atoms with Crippen molar-refractivity contribution in [1.82, 2.24) is 9.80 Å². The third-order valence-electron chi connectivity index (χ3n) is 8.21. The van der Waals surface area contributed by atoms with Crippen LogP contribution >= 0.6 is 0 Å². The molecule has 14 heteroatoms. The van der Waals surface area contributed by atoms with Gasteiger partial charge in [0.1, 0.15) is 13.2 Å². The first kappa shape index (κ1) is 38.7. The number of hydrogen-bond acceptors (Lipinski definition) is 8. The number of imide groups is 2. The lowest BCUT2D eigenvalue weighted by Gasteiger charge is -2.12. The van der Waals surface area contributed by atoms with E-state index in [9.17, 15) is 19.2 Å². The van der Waals surface area contributed by atoms with E-state index in [-0.39, 0.29) is 70.7 Å². The minimum absolute atomic E-state index is 0. The highest BCUT2D eigenvalue weighted by atomic mass is 79.9. The van der Waals surface area contributed by atoms with Gasteiger partial charge in [-0.1, -0.05) is 34.6 Å². The summed E-state index contributed by atoms with van der Waals surface area (Å²) >= 11 is 0. The summed E-state index contributed by atoms with van der Waals surface area (Å²) in [7, 11) is 0. The zero-order valence-electron chi connectivity index (χ0n) is 27.6. The lowest BCUT2D eigenvalue weighted by atomic mass is 10.1. The Kier molecular flexibility index (Phi) is 14.3. The molecule has 0 fully saturated rings. The summed E-state index contributed by atoms with van der Waals surface area (Å²) in [5, 5.41) is 8.03. The van der Waals surface area contributed by atoms with Gasteiger partial charge < -0.3 is 43.6 Å². The highest BCUT2D eigenvalue weighted by Gasteiger charge is 2.35. The normalized spacial score (nSPS) is 13.4. The van der Waals surface area contributed by atoms with E-state index in [0.29, 0.717) is 48.3 Å². The van der Waals surface area contributed by atoms with Crippen LogP contribution in [0.15, 0.2) is 108 Å². The minimum Gasteiger partial charge on any atom is -1.00 e. The van der Waals surface area contributed by atoms with Gasteiger partial charge in [-0.15, -0.1) is 0 Å². The van der Waals surface area contributed by atoms with Crippen molar-refractivity contribution in [1.29, 1.82) is 0 Å². The van der Waals surface area contributed by atoms with Gasteiger partial charge in [0.2, 0.25) is 0 Å². The number of nitrogens with zero attached hydrogens (tertiary/aromatic N) is 6. The van der Waals surface area contributed by atoms with Crippen LogP contribution in [0.1, 0.15) is 71.8 Å². The number of oxime groups is 2. The van der Waals surface area contributed by atoms with Gasteiger partial charge in [0.25, 0.3) is 23.6 Å². The van der Waals surface area contributed by atoms with Gasteiger partial charge in [0, 0.05) is 61.3 Å². The molecule has 0 saturated heterocycles. The van der Waals surface area contributed by atoms with Crippen molar-refractivity contribution in [3.05, 3.63) is 131 Å². The quantitative estimate of drug-likeness (QED) is 0.0403. The fraction of sp³-hybridized carbons (Fsp3) is 0.243. The number of amides is 4. The molecule has 0 unspecified atom stereocenters. The molecule has 0 radical (unpaired) electrons. The Labute approximate surface area is 316 Å². The summed E-state index contributed by atoms with van der Waals surface area (Å²) in [6.45, 7) is 2.84. The number of pyridine rings is 2. The summed E-state index contributed by atoms with van der Waals surface area (Å²) in [4.78, 5) is 62.9. The number of rotatable bonds is 16. The molecule has 6 rings (SSSR count). The maximum Gasteiger partial charge on any atom is 0.261 e. The summed E-state index contributed by atoms with van der Waals surface area (Å²) in [6.07, 6.45) is 13.2. The fourth-order valence-electron chi connectivity index (χ4n) is 5.60. The molecule has 4 aromatic rings. The largest absolute Gasteiger partial charge is 1.00 e. The van der Waals surface area contributed by atoms with Crippen LogP contribution in [-0.4, -0.2) is 72.2 Å². The smallest absolute Gasteiger partial charge is 0.261 e. The average molecular weight is 821 g/mol. The zero-order valence-corrected chi connectivity index (χ0v) is 30.8. The SMILES string of the molecule is O=C1c2ccccc2C(=O)N1CCCO/N=C/c1cc[n+](CCC[n+]2ccc(/C=N/OCCCN3C(=O)c4ccccc4C3=O)cc2)cc1.[Br-].[Br-]. The standard InChI is InChI=1S/C37H36N6O6.2BrH/c44-34-30-8-1-2-9-31(30)35(45)42(34)18-6-24-48-38-26-28-12-20-40(21-13-28)16-5-17-41-22-14-29(15-23-41)27-39-49-25-7-19-43-36(46)32-10-3-4-11-33(32)37(43)47;;/h1-4,8-15,20-23,26-27H,5-7,16-19,24-25H2;2*1H/q+2;;/p-2/b38-26+,39-27+;;. The van der Waals surface area contributed by atoms with Crippen LogP contribution < -0.4 is 43.1 Å². The van der Waals surface area contributed by atoms with Crippen LogP contribution in [-0.2, 0) is 22.8 Å². The monoisotopic (exact) mass is 818 g/mol. The predicted molar refractivity (Wildman–Crippen MR) is 178 cm³/mol. The molecule has 2 aliphatic rings. The van der Waals surface area contributed by atoms with Crippen molar-refractivity contribution in [2.45, 2.75) is 32.4 Å². The number of aryl methyl sites for hydroxylation is 2. The molecule has 0 saturated carbocycles. The third-order valence-corrected chi connectivity index (χ3v) is 8.21. The van der Waals surface area contributed by atoms with Gasteiger partial charge >= 0.3 is 0 Å². The molecule has 0 N–H and O–H groups in total. The van der Waals surface area contributed by atoms with E-state index in [1.807, 2.05) is 49.1 Å². The summed E-state index contributed by atoms with van der Waals surface area (Å²) in [5.41, 5.74) is 3.59. The van der Waals surface area contributed by atoms with Crippen LogP contribution in [0.3, 0.4) is 0 Å². The lowest BCUT2D eigenvalue weighted by Crippen LogP contribution is -3.00. The van der Waals surface area contributed by atoms with E-state index in [1.54, 1.807) is 61.0 Å². The van der Waals surface area contributed by atoms with E-state index in [1.165, 1.54) is 9.80 Å². The number of hydrogen-bond donors (Lipinski definition) is 0. The molecule has 0 bridgehead atoms. The van der Waals surface area contributed by atoms with Gasteiger partial charge in [-0.05, 0) is 24.3 Å². The Morgan fingerprint density at radius 1 is 0.510 bits per heavy atom. The lowest BCUT2D eigenvalue weighted by molar-refractivity contribution is -0.726. The van der Waals surface area contributed by atoms with E-state index >= 15 is 0 Å². The van der Waals surface area contributed by atoms with Gasteiger partial charge in [-0.25, -0.2) is 9.13 Å². The molecule has 2 aromatic heterocycles. The number of halogens is 2. The van der Waals surface area contributed by atoms with Gasteiger partial charge in [-0.2, -0.15) is 0 Å².